The summed E-state index contributed by atoms with van der Waals surface area (Å²) in [5.74, 6) is 0. The Bertz CT molecular complexity index is 226. The lowest BCUT2D eigenvalue weighted by Crippen LogP contribution is -2.14. The first kappa shape index (κ1) is 10.2. The minimum atomic E-state index is -1.27. The van der Waals surface area contributed by atoms with Gasteiger partial charge in [0.15, 0.2) is 0 Å². The molecular formula is C10H13FO2. The van der Waals surface area contributed by atoms with E-state index in [-0.39, 0.29) is 6.61 Å². The minimum Gasteiger partial charge on any atom is -0.393 e. The van der Waals surface area contributed by atoms with E-state index in [0.717, 1.165) is 5.56 Å². The third-order valence-corrected chi connectivity index (χ3v) is 1.61. The highest BCUT2D eigenvalue weighted by molar-refractivity contribution is 5.13. The van der Waals surface area contributed by atoms with Crippen LogP contribution in [0.4, 0.5) is 4.39 Å². The Hall–Kier alpha value is -0.930. The molecule has 1 atom stereocenters. The van der Waals surface area contributed by atoms with Crippen molar-refractivity contribution in [2.45, 2.75) is 12.8 Å². The molecule has 1 N–H and O–H groups in total. The number of hydrogen-bond donors (Lipinski definition) is 1. The topological polar surface area (TPSA) is 29.5 Å². The van der Waals surface area contributed by atoms with Gasteiger partial charge >= 0.3 is 0 Å². The summed E-state index contributed by atoms with van der Waals surface area (Å²) >= 11 is 0. The average molecular weight is 184 g/mol. The van der Waals surface area contributed by atoms with Crippen LogP contribution >= 0.6 is 0 Å². The predicted octanol–water partition coefficient (Wildman–Crippen LogP) is 1.53. The Labute approximate surface area is 77.0 Å². The van der Waals surface area contributed by atoms with Crippen molar-refractivity contribution < 1.29 is 14.2 Å². The van der Waals surface area contributed by atoms with Gasteiger partial charge in [-0.05, 0) is 5.56 Å². The van der Waals surface area contributed by atoms with Crippen LogP contribution < -0.4 is 0 Å². The molecule has 13 heavy (non-hydrogen) atoms. The Balaban J connectivity index is 2.20. The molecule has 0 amide bonds. The maximum absolute atomic E-state index is 12.5. The fraction of sp³-hybridized carbons (Fsp3) is 0.400. The lowest BCUT2D eigenvalue weighted by atomic mass is 10.2. The number of rotatable bonds is 5. The number of alkyl halides is 1. The Morgan fingerprint density at radius 1 is 1.31 bits per heavy atom. The first-order valence-electron chi connectivity index (χ1n) is 4.19. The number of aliphatic hydroxyl groups is 1. The minimum absolute atomic E-state index is 0.0502. The van der Waals surface area contributed by atoms with Crippen LogP contribution in [0.2, 0.25) is 0 Å². The molecule has 0 saturated carbocycles. The highest BCUT2D eigenvalue weighted by Gasteiger charge is 2.03. The molecule has 0 aliphatic carbocycles. The first-order chi connectivity index (χ1) is 6.33. The zero-order chi connectivity index (χ0) is 9.52. The van der Waals surface area contributed by atoms with Gasteiger partial charge in [-0.3, -0.25) is 0 Å². The molecule has 0 aromatic heterocycles. The predicted molar refractivity (Wildman–Crippen MR) is 48.1 cm³/mol. The molecule has 2 nitrogen and oxygen atoms in total. The van der Waals surface area contributed by atoms with Crippen LogP contribution in [0.25, 0.3) is 0 Å². The number of aliphatic hydroxyl groups excluding tert-OH is 1. The smallest absolute Gasteiger partial charge is 0.146 e. The molecule has 0 fully saturated rings. The largest absolute Gasteiger partial charge is 0.393 e. The molecule has 0 spiro atoms. The van der Waals surface area contributed by atoms with Crippen molar-refractivity contribution in [1.29, 1.82) is 0 Å². The second-order valence-corrected chi connectivity index (χ2v) is 2.78. The van der Waals surface area contributed by atoms with E-state index in [4.69, 9.17) is 9.84 Å². The average Bonchev–Trinajstić information content (AvgIpc) is 2.19. The normalized spacial score (nSPS) is 12.8. The third kappa shape index (κ3) is 4.01. The molecule has 0 aliphatic rings. The molecule has 72 valence electrons. The molecule has 1 rings (SSSR count). The summed E-state index contributed by atoms with van der Waals surface area (Å²) in [5, 5.41) is 8.38. The van der Waals surface area contributed by atoms with Crippen LogP contribution in [-0.2, 0) is 11.3 Å². The van der Waals surface area contributed by atoms with Crippen LogP contribution in [0.1, 0.15) is 5.56 Å². The van der Waals surface area contributed by atoms with Gasteiger partial charge in [0.2, 0.25) is 0 Å². The molecular weight excluding hydrogens is 171 g/mol. The standard InChI is InChI=1S/C10H13FO2/c11-10(6-12)8-13-7-9-4-2-1-3-5-9/h1-5,10,12H,6-8H2. The molecule has 1 aromatic carbocycles. The first-order valence-corrected chi connectivity index (χ1v) is 4.19. The number of ether oxygens (including phenoxy) is 1. The highest BCUT2D eigenvalue weighted by atomic mass is 19.1. The third-order valence-electron chi connectivity index (χ3n) is 1.61. The van der Waals surface area contributed by atoms with Crippen molar-refractivity contribution in [3.8, 4) is 0 Å². The second-order valence-electron chi connectivity index (χ2n) is 2.78. The summed E-state index contributed by atoms with van der Waals surface area (Å²) < 4.78 is 17.5. The van der Waals surface area contributed by atoms with E-state index in [1.807, 2.05) is 30.3 Å². The maximum Gasteiger partial charge on any atom is 0.146 e. The number of hydrogen-bond acceptors (Lipinski definition) is 2. The fourth-order valence-corrected chi connectivity index (χ4v) is 0.932. The number of benzene rings is 1. The van der Waals surface area contributed by atoms with E-state index >= 15 is 0 Å². The molecule has 0 radical (unpaired) electrons. The summed E-state index contributed by atoms with van der Waals surface area (Å²) in [6.45, 7) is -0.137. The van der Waals surface area contributed by atoms with E-state index in [2.05, 4.69) is 0 Å². The van der Waals surface area contributed by atoms with Crippen LogP contribution in [0.5, 0.6) is 0 Å². The van der Waals surface area contributed by atoms with Crippen molar-refractivity contribution in [2.24, 2.45) is 0 Å². The van der Waals surface area contributed by atoms with E-state index < -0.39 is 12.8 Å². The fourth-order valence-electron chi connectivity index (χ4n) is 0.932. The zero-order valence-electron chi connectivity index (χ0n) is 7.32. The van der Waals surface area contributed by atoms with Gasteiger partial charge in [0, 0.05) is 0 Å². The Morgan fingerprint density at radius 3 is 2.62 bits per heavy atom. The monoisotopic (exact) mass is 184 g/mol. The summed E-state index contributed by atoms with van der Waals surface area (Å²) in [6.07, 6.45) is -1.27. The lowest BCUT2D eigenvalue weighted by Gasteiger charge is -2.05. The molecule has 0 saturated heterocycles. The summed E-state index contributed by atoms with van der Waals surface area (Å²) in [6, 6.07) is 9.53. The van der Waals surface area contributed by atoms with Crippen LogP contribution in [0, 0.1) is 0 Å². The van der Waals surface area contributed by atoms with Crippen molar-refractivity contribution in [2.75, 3.05) is 13.2 Å². The van der Waals surface area contributed by atoms with Crippen LogP contribution in [-0.4, -0.2) is 24.5 Å². The van der Waals surface area contributed by atoms with Gasteiger partial charge in [-0.2, -0.15) is 0 Å². The zero-order valence-corrected chi connectivity index (χ0v) is 7.32. The number of halogens is 1. The lowest BCUT2D eigenvalue weighted by molar-refractivity contribution is 0.0437. The molecule has 3 heteroatoms. The van der Waals surface area contributed by atoms with Gasteiger partial charge in [0.25, 0.3) is 0 Å². The van der Waals surface area contributed by atoms with E-state index in [9.17, 15) is 4.39 Å². The van der Waals surface area contributed by atoms with Gasteiger partial charge < -0.3 is 9.84 Å². The molecule has 0 heterocycles. The highest BCUT2D eigenvalue weighted by Crippen LogP contribution is 2.01. The van der Waals surface area contributed by atoms with Crippen molar-refractivity contribution in [3.63, 3.8) is 0 Å². The maximum atomic E-state index is 12.5. The van der Waals surface area contributed by atoms with Crippen molar-refractivity contribution in [3.05, 3.63) is 35.9 Å². The molecule has 1 unspecified atom stereocenters. The molecule has 1 aromatic rings. The van der Waals surface area contributed by atoms with Crippen LogP contribution in [0.3, 0.4) is 0 Å². The Kier molecular flexibility index (Phi) is 4.43. The SMILES string of the molecule is OCC(F)COCc1ccccc1. The molecule has 0 bridgehead atoms. The van der Waals surface area contributed by atoms with Crippen molar-refractivity contribution >= 4 is 0 Å². The van der Waals surface area contributed by atoms with Crippen molar-refractivity contribution in [1.82, 2.24) is 0 Å². The second kappa shape index (κ2) is 5.67. The van der Waals surface area contributed by atoms with Gasteiger partial charge in [-0.15, -0.1) is 0 Å². The molecule has 0 aliphatic heterocycles. The van der Waals surface area contributed by atoms with Crippen LogP contribution in [0.15, 0.2) is 30.3 Å². The summed E-state index contributed by atoms with van der Waals surface area (Å²) in [5.41, 5.74) is 1.01. The van der Waals surface area contributed by atoms with Gasteiger partial charge in [-0.1, -0.05) is 30.3 Å². The summed E-state index contributed by atoms with van der Waals surface area (Å²) in [7, 11) is 0. The summed E-state index contributed by atoms with van der Waals surface area (Å²) in [4.78, 5) is 0. The quantitative estimate of drug-likeness (QED) is 0.752. The van der Waals surface area contributed by atoms with E-state index in [0.29, 0.717) is 6.61 Å². The van der Waals surface area contributed by atoms with E-state index in [1.54, 1.807) is 0 Å². The van der Waals surface area contributed by atoms with Gasteiger partial charge in [-0.25, -0.2) is 4.39 Å². The Morgan fingerprint density at radius 2 is 2.00 bits per heavy atom. The van der Waals surface area contributed by atoms with E-state index in [1.165, 1.54) is 0 Å². The van der Waals surface area contributed by atoms with Gasteiger partial charge in [0.05, 0.1) is 19.8 Å². The van der Waals surface area contributed by atoms with Gasteiger partial charge in [0.1, 0.15) is 6.17 Å².